The number of benzene rings is 1. The number of alkyl halides is 3. The van der Waals surface area contributed by atoms with Gasteiger partial charge in [-0.25, -0.2) is 9.18 Å². The first-order valence-electron chi connectivity index (χ1n) is 15.0. The number of ether oxygens (including phenoxy) is 2. The third kappa shape index (κ3) is 7.96. The number of nitriles is 1. The van der Waals surface area contributed by atoms with Gasteiger partial charge in [-0.1, -0.05) is 11.6 Å². The molecule has 1 N–H and O–H groups in total. The summed E-state index contributed by atoms with van der Waals surface area (Å²) in [6, 6.07) is 5.42. The van der Waals surface area contributed by atoms with Gasteiger partial charge in [0.05, 0.1) is 37.7 Å². The normalized spacial score (nSPS) is 21.6. The molecule has 3 fully saturated rings. The molecule has 2 saturated heterocycles. The highest BCUT2D eigenvalue weighted by atomic mass is 79.9. The Kier molecular flexibility index (Phi) is 10.0. The number of hydrogen-bond donors (Lipinski definition) is 1. The monoisotopic (exact) mass is 791 g/mol. The largest absolute Gasteiger partial charge is 0.484 e. The summed E-state index contributed by atoms with van der Waals surface area (Å²) in [7, 11) is -2.00. The number of amides is 3. The Balaban J connectivity index is 1.46. The summed E-state index contributed by atoms with van der Waals surface area (Å²) in [5.41, 5.74) is -3.99. The number of carbonyl (C=O) groups is 3. The van der Waals surface area contributed by atoms with Crippen molar-refractivity contribution in [3.63, 3.8) is 0 Å². The molecule has 0 radical (unpaired) electrons. The summed E-state index contributed by atoms with van der Waals surface area (Å²) in [6.45, 7) is 2.48. The number of rotatable bonds is 8. The maximum atomic E-state index is 15.5. The Morgan fingerprint density at radius 3 is 2.43 bits per heavy atom. The van der Waals surface area contributed by atoms with Crippen LogP contribution in [0, 0.1) is 17.1 Å². The molecule has 264 valence electrons. The van der Waals surface area contributed by atoms with E-state index in [1.54, 1.807) is 20.8 Å². The minimum atomic E-state index is -4.59. The van der Waals surface area contributed by atoms with E-state index in [1.165, 1.54) is 23.2 Å². The highest BCUT2D eigenvalue weighted by molar-refractivity contribution is 9.10. The SMILES string of the molecule is CC(C)(C)OC(=O)N1CC(C(=O)N2CC(S(=O)c3ccc(OCC(F)(F)F)cc3Cl)C[C@H]2C(=O)NC2(C#N)CC2)(c2ncc(Br)cc2F)C1. The summed E-state index contributed by atoms with van der Waals surface area (Å²) in [4.78, 5) is 47.8. The van der Waals surface area contributed by atoms with E-state index in [4.69, 9.17) is 21.1 Å². The molecule has 2 unspecified atom stereocenters. The quantitative estimate of drug-likeness (QED) is 0.368. The molecule has 3 heterocycles. The van der Waals surface area contributed by atoms with E-state index in [2.05, 4.69) is 32.3 Å². The van der Waals surface area contributed by atoms with Crippen molar-refractivity contribution in [3.05, 3.63) is 51.5 Å². The van der Waals surface area contributed by atoms with Crippen molar-refractivity contribution in [1.82, 2.24) is 20.1 Å². The number of nitrogens with zero attached hydrogens (tertiary/aromatic N) is 4. The fraction of sp³-hybridized carbons (Fsp3) is 0.516. The molecule has 0 bridgehead atoms. The van der Waals surface area contributed by atoms with Gasteiger partial charge >= 0.3 is 12.3 Å². The number of aromatic nitrogens is 1. The van der Waals surface area contributed by atoms with Crippen molar-refractivity contribution in [1.29, 1.82) is 5.26 Å². The first kappa shape index (κ1) is 36.8. The van der Waals surface area contributed by atoms with Crippen LogP contribution >= 0.6 is 27.5 Å². The van der Waals surface area contributed by atoms with Crippen molar-refractivity contribution < 1.29 is 45.6 Å². The third-order valence-electron chi connectivity index (χ3n) is 8.22. The van der Waals surface area contributed by atoms with Crippen LogP contribution in [0.3, 0.4) is 0 Å². The molecular formula is C31H31BrClF4N5O6S. The standard InChI is InChI=1S/C31H31BrClF4N5O6S/c1-28(2,3)48-27(45)41-14-30(15-41,24-21(34)8-17(32)11-39-24)26(44)42-12-19(10-22(42)25(43)40-29(13-38)6-7-29)49(46)23-5-4-18(9-20(23)33)47-16-31(35,36)37/h4-5,8-9,11,19,22H,6-7,10,12,14-16H2,1-3H3,(H,40,43)/t19?,22-,49?/m0/s1. The summed E-state index contributed by atoms with van der Waals surface area (Å²) in [5.74, 6) is -2.49. The molecule has 1 aromatic heterocycles. The molecular weight excluding hydrogens is 762 g/mol. The van der Waals surface area contributed by atoms with Crippen molar-refractivity contribution in [3.8, 4) is 11.8 Å². The van der Waals surface area contributed by atoms with Gasteiger partial charge in [-0.15, -0.1) is 0 Å². The van der Waals surface area contributed by atoms with Crippen LogP contribution in [0.1, 0.15) is 45.7 Å². The number of pyridine rings is 1. The molecule has 2 aromatic rings. The molecule has 5 rings (SSSR count). The van der Waals surface area contributed by atoms with E-state index in [9.17, 15) is 37.0 Å². The van der Waals surface area contributed by atoms with E-state index in [0.717, 1.165) is 17.0 Å². The lowest BCUT2D eigenvalue weighted by Crippen LogP contribution is -2.69. The molecule has 1 saturated carbocycles. The highest BCUT2D eigenvalue weighted by Crippen LogP contribution is 2.42. The zero-order valence-electron chi connectivity index (χ0n) is 26.4. The van der Waals surface area contributed by atoms with E-state index in [1.807, 2.05) is 0 Å². The maximum Gasteiger partial charge on any atom is 0.422 e. The van der Waals surface area contributed by atoms with Gasteiger partial charge in [-0.05, 0) is 80.2 Å². The molecule has 3 aliphatic rings. The van der Waals surface area contributed by atoms with Crippen LogP contribution in [-0.4, -0.2) is 91.7 Å². The van der Waals surface area contributed by atoms with Crippen LogP contribution in [0.4, 0.5) is 22.4 Å². The van der Waals surface area contributed by atoms with Gasteiger partial charge in [0.25, 0.3) is 0 Å². The van der Waals surface area contributed by atoms with Crippen molar-refractivity contribution in [2.24, 2.45) is 0 Å². The Bertz CT molecular complexity index is 1740. The fourth-order valence-corrected chi connectivity index (χ4v) is 7.87. The zero-order valence-corrected chi connectivity index (χ0v) is 29.6. The number of hydrogen-bond acceptors (Lipinski definition) is 8. The Morgan fingerprint density at radius 2 is 1.88 bits per heavy atom. The summed E-state index contributed by atoms with van der Waals surface area (Å²) in [6.07, 6.45) is -3.41. The number of halogens is 6. The summed E-state index contributed by atoms with van der Waals surface area (Å²) < 4.78 is 77.8. The van der Waals surface area contributed by atoms with Crippen LogP contribution < -0.4 is 10.1 Å². The first-order chi connectivity index (χ1) is 22.8. The van der Waals surface area contributed by atoms with E-state index in [-0.39, 0.29) is 47.4 Å². The molecule has 2 aliphatic heterocycles. The number of carbonyl (C=O) groups excluding carboxylic acids is 3. The van der Waals surface area contributed by atoms with Gasteiger partial charge in [-0.3, -0.25) is 18.8 Å². The minimum absolute atomic E-state index is 0.0326. The van der Waals surface area contributed by atoms with Gasteiger partial charge in [0.1, 0.15) is 34.2 Å². The Morgan fingerprint density at radius 1 is 1.20 bits per heavy atom. The second-order valence-electron chi connectivity index (χ2n) is 13.2. The van der Waals surface area contributed by atoms with Crippen molar-refractivity contribution >= 4 is 56.2 Å². The first-order valence-corrected chi connectivity index (χ1v) is 17.4. The molecule has 1 aliphatic carbocycles. The smallest absolute Gasteiger partial charge is 0.422 e. The van der Waals surface area contributed by atoms with Crippen molar-refractivity contribution in [2.45, 2.75) is 79.0 Å². The van der Waals surface area contributed by atoms with Crippen LogP contribution in [0.15, 0.2) is 39.8 Å². The van der Waals surface area contributed by atoms with Gasteiger partial charge in [0.2, 0.25) is 11.8 Å². The van der Waals surface area contributed by atoms with Gasteiger partial charge in [-0.2, -0.15) is 18.4 Å². The highest BCUT2D eigenvalue weighted by Gasteiger charge is 2.60. The summed E-state index contributed by atoms with van der Waals surface area (Å²) in [5, 5.41) is 11.2. The predicted molar refractivity (Wildman–Crippen MR) is 170 cm³/mol. The van der Waals surface area contributed by atoms with Crippen LogP contribution in [0.2, 0.25) is 5.02 Å². The lowest BCUT2D eigenvalue weighted by atomic mass is 9.74. The lowest BCUT2D eigenvalue weighted by Gasteiger charge is -2.49. The zero-order chi connectivity index (χ0) is 36.1. The van der Waals surface area contributed by atoms with Gasteiger partial charge in [0, 0.05) is 30.3 Å². The average molecular weight is 793 g/mol. The predicted octanol–water partition coefficient (Wildman–Crippen LogP) is 5.02. The summed E-state index contributed by atoms with van der Waals surface area (Å²) >= 11 is 9.47. The van der Waals surface area contributed by atoms with Gasteiger partial charge < -0.3 is 24.6 Å². The molecule has 0 spiro atoms. The molecule has 11 nitrogen and oxygen atoms in total. The van der Waals surface area contributed by atoms with Crippen LogP contribution in [-0.2, 0) is 30.5 Å². The molecule has 18 heteroatoms. The second-order valence-corrected chi connectivity index (χ2v) is 16.2. The second kappa shape index (κ2) is 13.3. The van der Waals surface area contributed by atoms with Gasteiger partial charge in [0.15, 0.2) is 6.61 Å². The molecule has 3 amide bonds. The maximum absolute atomic E-state index is 15.5. The van der Waals surface area contributed by atoms with Crippen molar-refractivity contribution in [2.75, 3.05) is 26.2 Å². The van der Waals surface area contributed by atoms with E-state index < -0.39 is 75.2 Å². The lowest BCUT2D eigenvalue weighted by molar-refractivity contribution is -0.153. The Labute approximate surface area is 294 Å². The number of nitrogens with one attached hydrogen (secondary N) is 1. The average Bonchev–Trinajstić information content (AvgIpc) is 3.60. The van der Waals surface area contributed by atoms with E-state index in [0.29, 0.717) is 17.3 Å². The molecule has 3 atom stereocenters. The minimum Gasteiger partial charge on any atom is -0.484 e. The third-order valence-corrected chi connectivity index (χ3v) is 10.8. The molecule has 49 heavy (non-hydrogen) atoms. The molecule has 1 aromatic carbocycles. The van der Waals surface area contributed by atoms with Crippen LogP contribution in [0.25, 0.3) is 0 Å². The fourth-order valence-electron chi connectivity index (χ4n) is 5.70. The topological polar surface area (TPSA) is 142 Å². The van der Waals surface area contributed by atoms with Crippen LogP contribution in [0.5, 0.6) is 5.75 Å². The number of likely N-dealkylation sites (tertiary alicyclic amines) is 2. The Hall–Kier alpha value is -3.49. The van der Waals surface area contributed by atoms with E-state index >= 15 is 4.39 Å².